The van der Waals surface area contributed by atoms with E-state index < -0.39 is 0 Å². The molecular weight excluding hydrogens is 200 g/mol. The molecule has 0 saturated heterocycles. The molecule has 1 aromatic rings. The van der Waals surface area contributed by atoms with Gasteiger partial charge in [-0.05, 0) is 31.2 Å². The third-order valence-electron chi connectivity index (χ3n) is 3.34. The molecule has 1 aromatic carbocycles. The number of carbonyl (C=O) groups excluding carboxylic acids is 1. The van der Waals surface area contributed by atoms with E-state index in [0.29, 0.717) is 6.04 Å². The molecule has 2 saturated carbocycles. The van der Waals surface area contributed by atoms with Crippen molar-refractivity contribution < 1.29 is 4.79 Å². The second-order valence-corrected chi connectivity index (χ2v) is 4.82. The maximum Gasteiger partial charge on any atom is 0.315 e. The highest BCUT2D eigenvalue weighted by Gasteiger charge is 2.45. The average molecular weight is 216 g/mol. The van der Waals surface area contributed by atoms with Gasteiger partial charge in [-0.2, -0.15) is 0 Å². The predicted octanol–water partition coefficient (Wildman–Crippen LogP) is 2.14. The van der Waals surface area contributed by atoms with Gasteiger partial charge < -0.3 is 10.6 Å². The van der Waals surface area contributed by atoms with Gasteiger partial charge in [0.1, 0.15) is 0 Å². The van der Waals surface area contributed by atoms with Gasteiger partial charge in [0.15, 0.2) is 0 Å². The van der Waals surface area contributed by atoms with Gasteiger partial charge in [-0.25, -0.2) is 4.79 Å². The van der Waals surface area contributed by atoms with E-state index in [4.69, 9.17) is 0 Å². The summed E-state index contributed by atoms with van der Waals surface area (Å²) in [6.45, 7) is 0. The Balaban J connectivity index is 1.67. The predicted molar refractivity (Wildman–Crippen MR) is 62.0 cm³/mol. The van der Waals surface area contributed by atoms with Crippen molar-refractivity contribution >= 4 is 6.03 Å². The number of amides is 2. The van der Waals surface area contributed by atoms with Gasteiger partial charge in [-0.1, -0.05) is 30.3 Å². The van der Waals surface area contributed by atoms with E-state index >= 15 is 0 Å². The summed E-state index contributed by atoms with van der Waals surface area (Å²) in [7, 11) is 0. The van der Waals surface area contributed by atoms with Crippen LogP contribution < -0.4 is 10.6 Å². The molecule has 3 heteroatoms. The van der Waals surface area contributed by atoms with Crippen molar-refractivity contribution in [3.05, 3.63) is 35.9 Å². The Bertz CT molecular complexity index is 394. The molecule has 0 bridgehead atoms. The third-order valence-corrected chi connectivity index (χ3v) is 3.34. The molecular formula is C13H16N2O. The van der Waals surface area contributed by atoms with Crippen LogP contribution in [0.1, 0.15) is 31.2 Å². The van der Waals surface area contributed by atoms with Gasteiger partial charge >= 0.3 is 6.03 Å². The Labute approximate surface area is 95.2 Å². The largest absolute Gasteiger partial charge is 0.335 e. The highest BCUT2D eigenvalue weighted by atomic mass is 16.2. The number of urea groups is 1. The van der Waals surface area contributed by atoms with Crippen LogP contribution in [0.3, 0.4) is 0 Å². The van der Waals surface area contributed by atoms with E-state index in [2.05, 4.69) is 22.8 Å². The fraction of sp³-hybridized carbons (Fsp3) is 0.462. The van der Waals surface area contributed by atoms with Crippen molar-refractivity contribution in [3.63, 3.8) is 0 Å². The Morgan fingerprint density at radius 2 is 1.88 bits per heavy atom. The fourth-order valence-electron chi connectivity index (χ4n) is 2.03. The van der Waals surface area contributed by atoms with Gasteiger partial charge in [0.2, 0.25) is 0 Å². The molecule has 0 unspecified atom stereocenters. The Morgan fingerprint density at radius 3 is 2.44 bits per heavy atom. The second-order valence-electron chi connectivity index (χ2n) is 4.82. The monoisotopic (exact) mass is 216 g/mol. The molecule has 0 heterocycles. The SMILES string of the molecule is O=C(NC1CC1)NC1(c2ccccc2)CC1. The lowest BCUT2D eigenvalue weighted by Gasteiger charge is -2.18. The van der Waals surface area contributed by atoms with Crippen LogP contribution in [-0.4, -0.2) is 12.1 Å². The van der Waals surface area contributed by atoms with Crippen LogP contribution in [-0.2, 0) is 5.54 Å². The summed E-state index contributed by atoms with van der Waals surface area (Å²) in [6.07, 6.45) is 4.36. The summed E-state index contributed by atoms with van der Waals surface area (Å²) in [5.74, 6) is 0. The molecule has 2 aliphatic rings. The van der Waals surface area contributed by atoms with Gasteiger partial charge in [-0.15, -0.1) is 0 Å². The van der Waals surface area contributed by atoms with Crippen LogP contribution in [0.25, 0.3) is 0 Å². The Hall–Kier alpha value is -1.51. The summed E-state index contributed by atoms with van der Waals surface area (Å²) in [6, 6.07) is 10.6. The zero-order valence-electron chi connectivity index (χ0n) is 9.20. The van der Waals surface area contributed by atoms with Crippen molar-refractivity contribution in [2.24, 2.45) is 0 Å². The molecule has 2 aliphatic carbocycles. The van der Waals surface area contributed by atoms with Crippen molar-refractivity contribution in [1.82, 2.24) is 10.6 Å². The minimum absolute atomic E-state index is 0.0103. The van der Waals surface area contributed by atoms with Crippen LogP contribution in [0, 0.1) is 0 Å². The van der Waals surface area contributed by atoms with E-state index in [1.807, 2.05) is 18.2 Å². The summed E-state index contributed by atoms with van der Waals surface area (Å²) in [4.78, 5) is 11.7. The smallest absolute Gasteiger partial charge is 0.315 e. The highest BCUT2D eigenvalue weighted by molar-refractivity contribution is 5.76. The summed E-state index contributed by atoms with van der Waals surface area (Å²) in [5.41, 5.74) is 1.14. The summed E-state index contributed by atoms with van der Waals surface area (Å²) in [5, 5.41) is 6.07. The van der Waals surface area contributed by atoms with E-state index in [1.165, 1.54) is 5.56 Å². The first-order valence-corrected chi connectivity index (χ1v) is 5.93. The van der Waals surface area contributed by atoms with Gasteiger partial charge in [-0.3, -0.25) is 0 Å². The molecule has 0 aliphatic heterocycles. The lowest BCUT2D eigenvalue weighted by atomic mass is 10.1. The highest BCUT2D eigenvalue weighted by Crippen LogP contribution is 2.45. The third kappa shape index (κ3) is 1.90. The molecule has 2 amide bonds. The molecule has 2 fully saturated rings. The lowest BCUT2D eigenvalue weighted by Crippen LogP contribution is -2.43. The minimum atomic E-state index is -0.0831. The fourth-order valence-corrected chi connectivity index (χ4v) is 2.03. The molecule has 0 aromatic heterocycles. The van der Waals surface area contributed by atoms with Crippen LogP contribution in [0.15, 0.2) is 30.3 Å². The van der Waals surface area contributed by atoms with E-state index in [1.54, 1.807) is 0 Å². The van der Waals surface area contributed by atoms with Gasteiger partial charge in [0, 0.05) is 6.04 Å². The van der Waals surface area contributed by atoms with Crippen molar-refractivity contribution in [2.45, 2.75) is 37.3 Å². The zero-order chi connectivity index (χ0) is 11.0. The lowest BCUT2D eigenvalue weighted by molar-refractivity contribution is 0.235. The van der Waals surface area contributed by atoms with Crippen LogP contribution in [0.5, 0.6) is 0 Å². The molecule has 2 N–H and O–H groups in total. The Morgan fingerprint density at radius 1 is 1.19 bits per heavy atom. The maximum atomic E-state index is 11.7. The number of carbonyl (C=O) groups is 1. The number of hydrogen-bond donors (Lipinski definition) is 2. The van der Waals surface area contributed by atoms with E-state index in [0.717, 1.165) is 25.7 Å². The standard InChI is InChI=1S/C13H16N2O/c16-12(14-11-6-7-11)15-13(8-9-13)10-4-2-1-3-5-10/h1-5,11H,6-9H2,(H2,14,15,16). The summed E-state index contributed by atoms with van der Waals surface area (Å²) < 4.78 is 0. The molecule has 3 rings (SSSR count). The topological polar surface area (TPSA) is 41.1 Å². The average Bonchev–Trinajstić information content (AvgIpc) is 3.17. The second kappa shape index (κ2) is 3.51. The van der Waals surface area contributed by atoms with Gasteiger partial charge in [0.05, 0.1) is 5.54 Å². The van der Waals surface area contributed by atoms with Crippen molar-refractivity contribution in [1.29, 1.82) is 0 Å². The van der Waals surface area contributed by atoms with Gasteiger partial charge in [0.25, 0.3) is 0 Å². The first-order valence-electron chi connectivity index (χ1n) is 5.93. The first kappa shape index (κ1) is 9.70. The van der Waals surface area contributed by atoms with E-state index in [9.17, 15) is 4.79 Å². The molecule has 0 atom stereocenters. The molecule has 3 nitrogen and oxygen atoms in total. The zero-order valence-corrected chi connectivity index (χ0v) is 9.20. The van der Waals surface area contributed by atoms with Crippen molar-refractivity contribution in [2.75, 3.05) is 0 Å². The first-order chi connectivity index (χ1) is 7.78. The number of rotatable bonds is 3. The molecule has 0 radical (unpaired) electrons. The van der Waals surface area contributed by atoms with Crippen LogP contribution in [0.2, 0.25) is 0 Å². The quantitative estimate of drug-likeness (QED) is 0.798. The summed E-state index contributed by atoms with van der Waals surface area (Å²) >= 11 is 0. The maximum absolute atomic E-state index is 11.7. The van der Waals surface area contributed by atoms with E-state index in [-0.39, 0.29) is 11.6 Å². The number of benzene rings is 1. The molecule has 84 valence electrons. The number of nitrogens with one attached hydrogen (secondary N) is 2. The molecule has 0 spiro atoms. The van der Waals surface area contributed by atoms with Crippen LogP contribution in [0.4, 0.5) is 4.79 Å². The minimum Gasteiger partial charge on any atom is -0.335 e. The Kier molecular flexibility index (Phi) is 2.13. The normalized spacial score (nSPS) is 21.2. The van der Waals surface area contributed by atoms with Crippen LogP contribution >= 0.6 is 0 Å². The molecule has 16 heavy (non-hydrogen) atoms. The number of hydrogen-bond acceptors (Lipinski definition) is 1. The van der Waals surface area contributed by atoms with Crippen molar-refractivity contribution in [3.8, 4) is 0 Å².